The molecule has 0 saturated heterocycles. The first-order chi connectivity index (χ1) is 5.07. The van der Waals surface area contributed by atoms with Gasteiger partial charge in [0.2, 0.25) is 0 Å². The maximum absolute atomic E-state index is 10.9. The normalized spacial score (nSPS) is 13.2. The summed E-state index contributed by atoms with van der Waals surface area (Å²) in [4.78, 5) is 10.9. The lowest BCUT2D eigenvalue weighted by Crippen LogP contribution is -2.12. The zero-order valence-corrected chi connectivity index (χ0v) is 8.02. The number of carbonyl (C=O) groups excluding carboxylic acids is 1. The van der Waals surface area contributed by atoms with Crippen LogP contribution in [-0.2, 0) is 9.53 Å². The van der Waals surface area contributed by atoms with Gasteiger partial charge in [-0.1, -0.05) is 32.4 Å². The lowest BCUT2D eigenvalue weighted by molar-refractivity contribution is -0.142. The zero-order valence-electron chi connectivity index (χ0n) is 7.26. The van der Waals surface area contributed by atoms with Crippen molar-refractivity contribution in [2.75, 3.05) is 6.07 Å². The average Bonchev–Trinajstić information content (AvgIpc) is 1.87. The summed E-state index contributed by atoms with van der Waals surface area (Å²) in [7, 11) is 0. The van der Waals surface area contributed by atoms with Crippen LogP contribution in [0, 0.1) is 11.8 Å². The molecule has 0 N–H and O–H groups in total. The molecule has 0 aromatic rings. The molecule has 11 heavy (non-hydrogen) atoms. The van der Waals surface area contributed by atoms with Gasteiger partial charge in [0.05, 0.1) is 0 Å². The van der Waals surface area contributed by atoms with E-state index in [9.17, 15) is 4.79 Å². The fourth-order valence-corrected chi connectivity index (χ4v) is 0.740. The molecule has 0 aliphatic heterocycles. The largest absolute Gasteiger partial charge is 0.449 e. The topological polar surface area (TPSA) is 26.3 Å². The predicted molar refractivity (Wildman–Crippen MR) is 45.4 cm³/mol. The monoisotopic (exact) mass is 178 g/mol. The van der Waals surface area contributed by atoms with Gasteiger partial charge in [-0.3, -0.25) is 4.79 Å². The standard InChI is InChI=1S/C8H15ClO2/c1-6(2)7(3)4-8(10)11-5-9/h6-7H,4-5H2,1-3H3/t7-/m1/s1. The van der Waals surface area contributed by atoms with Gasteiger partial charge in [-0.25, -0.2) is 0 Å². The summed E-state index contributed by atoms with van der Waals surface area (Å²) in [5.74, 6) is 0.671. The van der Waals surface area contributed by atoms with E-state index in [0.717, 1.165) is 0 Å². The van der Waals surface area contributed by atoms with Crippen LogP contribution >= 0.6 is 11.6 Å². The Morgan fingerprint density at radius 1 is 1.45 bits per heavy atom. The molecule has 2 nitrogen and oxygen atoms in total. The number of rotatable bonds is 4. The third-order valence-electron chi connectivity index (χ3n) is 1.84. The fourth-order valence-electron chi connectivity index (χ4n) is 0.618. The van der Waals surface area contributed by atoms with Crippen molar-refractivity contribution >= 4 is 17.6 Å². The highest BCUT2D eigenvalue weighted by Crippen LogP contribution is 2.14. The number of carbonyl (C=O) groups is 1. The van der Waals surface area contributed by atoms with Crippen molar-refractivity contribution < 1.29 is 9.53 Å². The Hall–Kier alpha value is -0.240. The van der Waals surface area contributed by atoms with E-state index in [2.05, 4.69) is 18.6 Å². The van der Waals surface area contributed by atoms with Crippen molar-refractivity contribution in [3.8, 4) is 0 Å². The number of alkyl halides is 1. The van der Waals surface area contributed by atoms with Crippen molar-refractivity contribution in [3.05, 3.63) is 0 Å². The van der Waals surface area contributed by atoms with Crippen molar-refractivity contribution in [2.24, 2.45) is 11.8 Å². The molecule has 0 heterocycles. The average molecular weight is 179 g/mol. The van der Waals surface area contributed by atoms with E-state index in [0.29, 0.717) is 18.3 Å². The quantitative estimate of drug-likeness (QED) is 0.488. The van der Waals surface area contributed by atoms with Crippen LogP contribution in [0.5, 0.6) is 0 Å². The molecule has 0 aliphatic rings. The number of hydrogen-bond donors (Lipinski definition) is 0. The maximum Gasteiger partial charge on any atom is 0.307 e. The summed E-state index contributed by atoms with van der Waals surface area (Å²) in [5.41, 5.74) is 0. The first kappa shape index (κ1) is 10.8. The highest BCUT2D eigenvalue weighted by molar-refractivity contribution is 6.17. The molecule has 3 heteroatoms. The number of esters is 1. The Bertz CT molecular complexity index is 123. The van der Waals surface area contributed by atoms with Gasteiger partial charge in [0.15, 0.2) is 6.07 Å². The van der Waals surface area contributed by atoms with Crippen LogP contribution in [-0.4, -0.2) is 12.0 Å². The summed E-state index contributed by atoms with van der Waals surface area (Å²) in [6, 6.07) is -0.0380. The smallest absolute Gasteiger partial charge is 0.307 e. The molecular formula is C8H15ClO2. The Morgan fingerprint density at radius 3 is 2.36 bits per heavy atom. The van der Waals surface area contributed by atoms with Gasteiger partial charge in [0.25, 0.3) is 0 Å². The SMILES string of the molecule is CC(C)[C@H](C)CC(=O)OCCl. The van der Waals surface area contributed by atoms with Crippen LogP contribution in [0.1, 0.15) is 27.2 Å². The van der Waals surface area contributed by atoms with Gasteiger partial charge < -0.3 is 4.74 Å². The van der Waals surface area contributed by atoms with Gasteiger partial charge in [-0.05, 0) is 11.8 Å². The zero-order chi connectivity index (χ0) is 8.85. The van der Waals surface area contributed by atoms with E-state index in [-0.39, 0.29) is 12.0 Å². The van der Waals surface area contributed by atoms with Crippen LogP contribution in [0.3, 0.4) is 0 Å². The van der Waals surface area contributed by atoms with Crippen molar-refractivity contribution in [1.82, 2.24) is 0 Å². The molecule has 0 fully saturated rings. The fraction of sp³-hybridized carbons (Fsp3) is 0.875. The first-order valence-electron chi connectivity index (χ1n) is 3.79. The second-order valence-corrected chi connectivity index (χ2v) is 3.27. The van der Waals surface area contributed by atoms with Gasteiger partial charge in [0, 0.05) is 6.42 Å². The van der Waals surface area contributed by atoms with Crippen molar-refractivity contribution in [2.45, 2.75) is 27.2 Å². The Kier molecular flexibility index (Phi) is 5.30. The molecule has 0 aromatic carbocycles. The molecule has 0 amide bonds. The van der Waals surface area contributed by atoms with Gasteiger partial charge in [-0.15, -0.1) is 0 Å². The van der Waals surface area contributed by atoms with E-state index in [1.165, 1.54) is 0 Å². The lowest BCUT2D eigenvalue weighted by Gasteiger charge is -2.13. The van der Waals surface area contributed by atoms with E-state index in [1.807, 2.05) is 6.92 Å². The first-order valence-corrected chi connectivity index (χ1v) is 4.33. The summed E-state index contributed by atoms with van der Waals surface area (Å²) in [5, 5.41) is 0. The van der Waals surface area contributed by atoms with Crippen molar-refractivity contribution in [3.63, 3.8) is 0 Å². The predicted octanol–water partition coefficient (Wildman–Crippen LogP) is 2.41. The van der Waals surface area contributed by atoms with Crippen LogP contribution < -0.4 is 0 Å². The summed E-state index contributed by atoms with van der Waals surface area (Å²) < 4.78 is 4.59. The minimum atomic E-state index is -0.207. The lowest BCUT2D eigenvalue weighted by atomic mass is 9.95. The Balaban J connectivity index is 3.57. The molecule has 0 spiro atoms. The third kappa shape index (κ3) is 5.08. The van der Waals surface area contributed by atoms with Gasteiger partial charge in [-0.2, -0.15) is 0 Å². The molecule has 0 aliphatic carbocycles. The Labute approximate surface area is 72.9 Å². The molecule has 1 atom stereocenters. The molecular weight excluding hydrogens is 164 g/mol. The summed E-state index contributed by atoms with van der Waals surface area (Å²) in [6.45, 7) is 6.19. The van der Waals surface area contributed by atoms with Gasteiger partial charge >= 0.3 is 5.97 Å². The number of ether oxygens (including phenoxy) is 1. The van der Waals surface area contributed by atoms with Crippen LogP contribution in [0.25, 0.3) is 0 Å². The highest BCUT2D eigenvalue weighted by Gasteiger charge is 2.12. The third-order valence-corrected chi connectivity index (χ3v) is 1.95. The van der Waals surface area contributed by atoms with Crippen LogP contribution in [0.2, 0.25) is 0 Å². The minimum Gasteiger partial charge on any atom is -0.449 e. The molecule has 0 bridgehead atoms. The van der Waals surface area contributed by atoms with Crippen molar-refractivity contribution in [1.29, 1.82) is 0 Å². The minimum absolute atomic E-state index is 0.0380. The summed E-state index contributed by atoms with van der Waals surface area (Å²) in [6.07, 6.45) is 0.463. The van der Waals surface area contributed by atoms with E-state index < -0.39 is 0 Å². The highest BCUT2D eigenvalue weighted by atomic mass is 35.5. The van der Waals surface area contributed by atoms with Crippen LogP contribution in [0.4, 0.5) is 0 Å². The number of halogens is 1. The van der Waals surface area contributed by atoms with E-state index in [1.54, 1.807) is 0 Å². The number of hydrogen-bond acceptors (Lipinski definition) is 2. The molecule has 0 unspecified atom stereocenters. The molecule has 66 valence electrons. The summed E-state index contributed by atoms with van der Waals surface area (Å²) >= 11 is 5.22. The molecule has 0 aromatic heterocycles. The molecule has 0 rings (SSSR count). The Morgan fingerprint density at radius 2 is 2.00 bits per heavy atom. The van der Waals surface area contributed by atoms with Crippen LogP contribution in [0.15, 0.2) is 0 Å². The van der Waals surface area contributed by atoms with Gasteiger partial charge in [0.1, 0.15) is 0 Å². The second-order valence-electron chi connectivity index (χ2n) is 3.05. The maximum atomic E-state index is 10.9. The molecule has 0 radical (unpaired) electrons. The molecule has 0 saturated carbocycles. The van der Waals surface area contributed by atoms with E-state index >= 15 is 0 Å². The van der Waals surface area contributed by atoms with E-state index in [4.69, 9.17) is 11.6 Å². The second kappa shape index (κ2) is 5.42.